The molecule has 3 aliphatic rings. The molecule has 0 radical (unpaired) electrons. The first-order valence-corrected chi connectivity index (χ1v) is 17.3. The van der Waals surface area contributed by atoms with Crippen LogP contribution in [-0.4, -0.2) is 0 Å². The van der Waals surface area contributed by atoms with Gasteiger partial charge in [0.2, 0.25) is 0 Å². The predicted molar refractivity (Wildman–Crippen MR) is 121 cm³/mol. The van der Waals surface area contributed by atoms with Crippen LogP contribution in [0.15, 0.2) is 56.6 Å². The Morgan fingerprint density at radius 3 is 1.14 bits per heavy atom. The van der Waals surface area contributed by atoms with E-state index < -0.39 is 35.0 Å². The summed E-state index contributed by atoms with van der Waals surface area (Å²) in [6.07, 6.45) is 22.4. The van der Waals surface area contributed by atoms with Crippen molar-refractivity contribution in [3.8, 4) is 0 Å². The van der Waals surface area contributed by atoms with E-state index in [1.165, 1.54) is 38.5 Å². The molecule has 0 aromatic heterocycles. The maximum atomic E-state index is 2.49. The SMILES string of the molecule is CCC(C)C1=[C]([Pr]([C]2=C(C(C)CC)C=CC2)[C]2=C(C(C)CC)C=CC2)CC=C1. The number of hydrogen-bond donors (Lipinski definition) is 0. The van der Waals surface area contributed by atoms with Gasteiger partial charge in [-0.25, -0.2) is 0 Å². The second kappa shape index (κ2) is 10.2. The van der Waals surface area contributed by atoms with Crippen LogP contribution in [0.3, 0.4) is 0 Å². The summed E-state index contributed by atoms with van der Waals surface area (Å²) in [6, 6.07) is 0. The molecule has 0 bridgehead atoms. The number of rotatable bonds is 9. The Labute approximate surface area is 188 Å². The van der Waals surface area contributed by atoms with Crippen molar-refractivity contribution in [3.63, 3.8) is 0 Å². The van der Waals surface area contributed by atoms with Gasteiger partial charge in [-0.15, -0.1) is 0 Å². The van der Waals surface area contributed by atoms with Crippen molar-refractivity contribution in [1.29, 1.82) is 0 Å². The molecule has 3 rings (SSSR count). The standard InChI is InChI=1S/3C9H13.Pr/c3*1-3-8(2)9-6-4-5-7-9;/h3*4,6,8H,3,5H2,1-2H3;. The third kappa shape index (κ3) is 4.44. The molecule has 3 unspecified atom stereocenters. The summed E-state index contributed by atoms with van der Waals surface area (Å²) in [6.45, 7) is 14.4. The first kappa shape index (κ1) is 22.5. The number of hydrogen-bond acceptors (Lipinski definition) is 0. The minimum atomic E-state index is -2.42. The Hall–Kier alpha value is -0.196. The van der Waals surface area contributed by atoms with Crippen LogP contribution >= 0.6 is 0 Å². The van der Waals surface area contributed by atoms with Crippen molar-refractivity contribution >= 4 is 0 Å². The molecule has 28 heavy (non-hydrogen) atoms. The molecule has 1 heteroatoms. The topological polar surface area (TPSA) is 0 Å². The van der Waals surface area contributed by atoms with Crippen LogP contribution in [0.4, 0.5) is 0 Å². The van der Waals surface area contributed by atoms with Gasteiger partial charge in [-0.2, -0.15) is 0 Å². The molecule has 0 aromatic carbocycles. The zero-order valence-corrected chi connectivity index (χ0v) is 22.7. The van der Waals surface area contributed by atoms with E-state index in [1.807, 2.05) is 3.47 Å². The zero-order valence-electron chi connectivity index (χ0n) is 19.0. The Morgan fingerprint density at radius 1 is 0.607 bits per heavy atom. The fourth-order valence-corrected chi connectivity index (χ4v) is 19.7. The second-order valence-electron chi connectivity index (χ2n) is 9.12. The summed E-state index contributed by atoms with van der Waals surface area (Å²) in [4.78, 5) is 0. The van der Waals surface area contributed by atoms with Gasteiger partial charge >= 0.3 is 190 Å². The molecule has 0 aromatic rings. The van der Waals surface area contributed by atoms with Gasteiger partial charge in [0.15, 0.2) is 0 Å². The van der Waals surface area contributed by atoms with E-state index in [0.717, 1.165) is 0 Å². The van der Waals surface area contributed by atoms with E-state index in [1.54, 1.807) is 16.7 Å². The van der Waals surface area contributed by atoms with Crippen LogP contribution in [0, 0.1) is 52.8 Å². The van der Waals surface area contributed by atoms with Gasteiger partial charge in [-0.1, -0.05) is 0 Å². The van der Waals surface area contributed by atoms with Crippen LogP contribution in [0.25, 0.3) is 0 Å². The molecule has 3 aliphatic carbocycles. The molecule has 0 spiro atoms. The fourth-order valence-electron chi connectivity index (χ4n) is 5.20. The average Bonchev–Trinajstić information content (AvgIpc) is 3.47. The van der Waals surface area contributed by atoms with Crippen LogP contribution in [-0.2, 0) is 0 Å². The van der Waals surface area contributed by atoms with Crippen molar-refractivity contribution in [1.82, 2.24) is 0 Å². The molecule has 3 atom stereocenters. The van der Waals surface area contributed by atoms with E-state index >= 15 is 0 Å². The van der Waals surface area contributed by atoms with E-state index in [9.17, 15) is 0 Å². The molecular weight excluding hydrogens is 465 g/mol. The monoisotopic (exact) mass is 504 g/mol. The third-order valence-electron chi connectivity index (χ3n) is 7.49. The Balaban J connectivity index is 2.17. The van der Waals surface area contributed by atoms with E-state index in [4.69, 9.17) is 0 Å². The average molecular weight is 505 g/mol. The fraction of sp³-hybridized carbons (Fsp3) is 0.556. The summed E-state index contributed by atoms with van der Waals surface area (Å²) in [7, 11) is 0. The van der Waals surface area contributed by atoms with E-state index in [2.05, 4.69) is 78.0 Å². The van der Waals surface area contributed by atoms with Crippen molar-refractivity contribution in [2.75, 3.05) is 0 Å². The molecule has 150 valence electrons. The predicted octanol–water partition coefficient (Wildman–Crippen LogP) is 8.39. The maximum absolute atomic E-state index is 2.49. The Morgan fingerprint density at radius 2 is 0.893 bits per heavy atom. The number of allylic oxidation sites excluding steroid dienone is 12. The first-order valence-electron chi connectivity index (χ1n) is 11.7. The molecule has 0 fully saturated rings. The molecule has 0 aliphatic heterocycles. The molecule has 0 heterocycles. The van der Waals surface area contributed by atoms with Crippen molar-refractivity contribution in [2.45, 2.75) is 80.1 Å². The van der Waals surface area contributed by atoms with E-state index in [0.29, 0.717) is 17.8 Å². The molecular formula is C27H39Pr. The van der Waals surface area contributed by atoms with Gasteiger partial charge in [0, 0.05) is 0 Å². The summed E-state index contributed by atoms with van der Waals surface area (Å²) < 4.78 is 5.77. The zero-order chi connectivity index (χ0) is 20.3. The van der Waals surface area contributed by atoms with Gasteiger partial charge in [-0.05, 0) is 0 Å². The van der Waals surface area contributed by atoms with Gasteiger partial charge in [0.25, 0.3) is 0 Å². The van der Waals surface area contributed by atoms with Gasteiger partial charge in [-0.3, -0.25) is 0 Å². The van der Waals surface area contributed by atoms with Crippen LogP contribution < -0.4 is 0 Å². The normalized spacial score (nSPS) is 22.1. The van der Waals surface area contributed by atoms with Gasteiger partial charge < -0.3 is 0 Å². The molecule has 0 saturated carbocycles. The first-order chi connectivity index (χ1) is 13.5. The second-order valence-corrected chi connectivity index (χ2v) is 18.6. The summed E-state index contributed by atoms with van der Waals surface area (Å²) in [5, 5.41) is 0. The summed E-state index contributed by atoms with van der Waals surface area (Å²) in [5.74, 6) is 2.13. The van der Waals surface area contributed by atoms with Crippen LogP contribution in [0.5, 0.6) is 0 Å². The van der Waals surface area contributed by atoms with Crippen LogP contribution in [0.2, 0.25) is 0 Å². The van der Waals surface area contributed by atoms with E-state index in [-0.39, 0.29) is 0 Å². The minimum absolute atomic E-state index is 0.709. The molecule has 0 nitrogen and oxygen atoms in total. The van der Waals surface area contributed by atoms with Crippen LogP contribution in [0.1, 0.15) is 80.1 Å². The third-order valence-corrected chi connectivity index (χ3v) is 19.7. The molecule has 0 amide bonds. The summed E-state index contributed by atoms with van der Waals surface area (Å²) in [5.41, 5.74) is 5.17. The van der Waals surface area contributed by atoms with Gasteiger partial charge in [0.05, 0.1) is 0 Å². The van der Waals surface area contributed by atoms with Crippen molar-refractivity contribution in [3.05, 3.63) is 56.6 Å². The quantitative estimate of drug-likeness (QED) is 0.296. The van der Waals surface area contributed by atoms with Crippen molar-refractivity contribution < 1.29 is 35.0 Å². The summed E-state index contributed by atoms with van der Waals surface area (Å²) >= 11 is -2.42. The van der Waals surface area contributed by atoms with Gasteiger partial charge in [0.1, 0.15) is 0 Å². The Kier molecular flexibility index (Phi) is 8.20. The molecule has 0 saturated heterocycles. The van der Waals surface area contributed by atoms with Crippen molar-refractivity contribution in [2.24, 2.45) is 17.8 Å². The molecule has 0 N–H and O–H groups in total. The Bertz CT molecular complexity index is 663.